The molecule has 0 bridgehead atoms. The smallest absolute Gasteiger partial charge is 0.407 e. The Labute approximate surface area is 110 Å². The van der Waals surface area contributed by atoms with E-state index in [9.17, 15) is 4.79 Å². The number of carbonyl (C=O) groups is 1. The van der Waals surface area contributed by atoms with Crippen LogP contribution in [0.1, 0.15) is 24.7 Å². The SMILES string of the molecule is O=C(O)N1CCC[C@H]1c1nc(-c2ccccc2)n[nH]1. The predicted molar refractivity (Wildman–Crippen MR) is 68.5 cm³/mol. The van der Waals surface area contributed by atoms with Gasteiger partial charge in [-0.05, 0) is 12.8 Å². The van der Waals surface area contributed by atoms with Gasteiger partial charge in [-0.1, -0.05) is 30.3 Å². The number of likely N-dealkylation sites (tertiary alicyclic amines) is 1. The van der Waals surface area contributed by atoms with E-state index < -0.39 is 6.09 Å². The van der Waals surface area contributed by atoms with Crippen molar-refractivity contribution in [1.29, 1.82) is 0 Å². The highest BCUT2D eigenvalue weighted by atomic mass is 16.4. The molecule has 2 aromatic rings. The van der Waals surface area contributed by atoms with E-state index in [1.807, 2.05) is 30.3 Å². The van der Waals surface area contributed by atoms with Gasteiger partial charge in [-0.2, -0.15) is 5.10 Å². The van der Waals surface area contributed by atoms with Crippen molar-refractivity contribution < 1.29 is 9.90 Å². The first-order valence-corrected chi connectivity index (χ1v) is 6.23. The van der Waals surface area contributed by atoms with Gasteiger partial charge in [-0.25, -0.2) is 9.78 Å². The lowest BCUT2D eigenvalue weighted by molar-refractivity contribution is 0.138. The molecular weight excluding hydrogens is 244 g/mol. The lowest BCUT2D eigenvalue weighted by Crippen LogP contribution is -2.29. The molecule has 1 atom stereocenters. The van der Waals surface area contributed by atoms with Crippen LogP contribution in [0, 0.1) is 0 Å². The van der Waals surface area contributed by atoms with Gasteiger partial charge in [0.1, 0.15) is 5.82 Å². The van der Waals surface area contributed by atoms with Crippen molar-refractivity contribution in [3.8, 4) is 11.4 Å². The maximum absolute atomic E-state index is 11.1. The van der Waals surface area contributed by atoms with E-state index in [1.165, 1.54) is 4.90 Å². The molecule has 98 valence electrons. The summed E-state index contributed by atoms with van der Waals surface area (Å²) < 4.78 is 0. The number of nitrogens with zero attached hydrogens (tertiary/aromatic N) is 3. The van der Waals surface area contributed by atoms with Crippen LogP contribution in [-0.2, 0) is 0 Å². The normalized spacial score (nSPS) is 18.7. The van der Waals surface area contributed by atoms with Gasteiger partial charge in [0.25, 0.3) is 0 Å². The fourth-order valence-corrected chi connectivity index (χ4v) is 2.42. The summed E-state index contributed by atoms with van der Waals surface area (Å²) in [4.78, 5) is 17.0. The molecule has 6 heteroatoms. The third-order valence-electron chi connectivity index (χ3n) is 3.35. The summed E-state index contributed by atoms with van der Waals surface area (Å²) in [6, 6.07) is 9.42. The maximum atomic E-state index is 11.1. The van der Waals surface area contributed by atoms with E-state index in [2.05, 4.69) is 15.2 Å². The van der Waals surface area contributed by atoms with Crippen LogP contribution in [0.25, 0.3) is 11.4 Å². The molecule has 2 N–H and O–H groups in total. The van der Waals surface area contributed by atoms with Gasteiger partial charge >= 0.3 is 6.09 Å². The molecule has 1 aromatic heterocycles. The standard InChI is InChI=1S/C13H14N4O2/c18-13(19)17-8-4-7-10(17)12-14-11(15-16-12)9-5-2-1-3-6-9/h1-3,5-6,10H,4,7-8H2,(H,18,19)(H,14,15,16)/t10-/m0/s1. The summed E-state index contributed by atoms with van der Waals surface area (Å²) in [7, 11) is 0. The van der Waals surface area contributed by atoms with Crippen molar-refractivity contribution in [3.63, 3.8) is 0 Å². The quantitative estimate of drug-likeness (QED) is 0.865. The molecule has 0 spiro atoms. The zero-order chi connectivity index (χ0) is 13.2. The third-order valence-corrected chi connectivity index (χ3v) is 3.35. The van der Waals surface area contributed by atoms with E-state index in [-0.39, 0.29) is 6.04 Å². The molecule has 1 aliphatic heterocycles. The molecule has 1 aromatic carbocycles. The number of H-pyrrole nitrogens is 1. The second-order valence-electron chi connectivity index (χ2n) is 4.54. The monoisotopic (exact) mass is 258 g/mol. The minimum atomic E-state index is -0.903. The molecule has 1 fully saturated rings. The Balaban J connectivity index is 1.87. The number of hydrogen-bond donors (Lipinski definition) is 2. The van der Waals surface area contributed by atoms with Gasteiger partial charge in [0.15, 0.2) is 5.82 Å². The second-order valence-corrected chi connectivity index (χ2v) is 4.54. The van der Waals surface area contributed by atoms with Gasteiger partial charge in [-0.3, -0.25) is 10.00 Å². The van der Waals surface area contributed by atoms with Crippen LogP contribution in [0.2, 0.25) is 0 Å². The Bertz CT molecular complexity index is 581. The Hall–Kier alpha value is -2.37. The van der Waals surface area contributed by atoms with Crippen LogP contribution in [-0.4, -0.2) is 37.8 Å². The zero-order valence-corrected chi connectivity index (χ0v) is 10.3. The molecule has 1 amide bonds. The Morgan fingerprint density at radius 2 is 2.16 bits per heavy atom. The maximum Gasteiger partial charge on any atom is 0.407 e. The average molecular weight is 258 g/mol. The highest BCUT2D eigenvalue weighted by molar-refractivity contribution is 5.66. The van der Waals surface area contributed by atoms with Crippen LogP contribution in [0.15, 0.2) is 30.3 Å². The van der Waals surface area contributed by atoms with Crippen molar-refractivity contribution in [2.75, 3.05) is 6.54 Å². The molecular formula is C13H14N4O2. The molecule has 6 nitrogen and oxygen atoms in total. The molecule has 1 aliphatic rings. The number of aromatic amines is 1. The summed E-state index contributed by atoms with van der Waals surface area (Å²) in [5.74, 6) is 1.23. The highest BCUT2D eigenvalue weighted by Gasteiger charge is 2.32. The van der Waals surface area contributed by atoms with Crippen molar-refractivity contribution in [2.45, 2.75) is 18.9 Å². The molecule has 1 saturated heterocycles. The number of rotatable bonds is 2. The van der Waals surface area contributed by atoms with E-state index in [1.54, 1.807) is 0 Å². The molecule has 0 aliphatic carbocycles. The average Bonchev–Trinajstić information content (AvgIpc) is 3.08. The number of amides is 1. The lowest BCUT2D eigenvalue weighted by Gasteiger charge is -2.18. The number of benzene rings is 1. The van der Waals surface area contributed by atoms with Crippen molar-refractivity contribution in [2.24, 2.45) is 0 Å². The lowest BCUT2D eigenvalue weighted by atomic mass is 10.2. The number of carboxylic acid groups (broad SMARTS) is 1. The summed E-state index contributed by atoms with van der Waals surface area (Å²) in [6.45, 7) is 0.557. The minimum absolute atomic E-state index is 0.206. The molecule has 2 heterocycles. The van der Waals surface area contributed by atoms with Crippen molar-refractivity contribution in [3.05, 3.63) is 36.2 Å². The molecule has 19 heavy (non-hydrogen) atoms. The first-order valence-electron chi connectivity index (χ1n) is 6.23. The van der Waals surface area contributed by atoms with Gasteiger partial charge in [0.2, 0.25) is 0 Å². The van der Waals surface area contributed by atoms with Gasteiger partial charge < -0.3 is 5.11 Å². The molecule has 0 radical (unpaired) electrons. The zero-order valence-electron chi connectivity index (χ0n) is 10.3. The topological polar surface area (TPSA) is 82.1 Å². The number of nitrogens with one attached hydrogen (secondary N) is 1. The fourth-order valence-electron chi connectivity index (χ4n) is 2.42. The van der Waals surface area contributed by atoms with Crippen molar-refractivity contribution >= 4 is 6.09 Å². The largest absolute Gasteiger partial charge is 0.465 e. The van der Waals surface area contributed by atoms with E-state index in [0.717, 1.165) is 18.4 Å². The summed E-state index contributed by atoms with van der Waals surface area (Å²) in [5, 5.41) is 16.2. The third kappa shape index (κ3) is 2.16. The van der Waals surface area contributed by atoms with Crippen LogP contribution in [0.4, 0.5) is 4.79 Å². The van der Waals surface area contributed by atoms with E-state index >= 15 is 0 Å². The van der Waals surface area contributed by atoms with Crippen LogP contribution in [0.3, 0.4) is 0 Å². The van der Waals surface area contributed by atoms with Gasteiger partial charge in [0, 0.05) is 12.1 Å². The predicted octanol–water partition coefficient (Wildman–Crippen LogP) is 2.29. The van der Waals surface area contributed by atoms with Gasteiger partial charge in [-0.15, -0.1) is 0 Å². The summed E-state index contributed by atoms with van der Waals surface area (Å²) in [5.41, 5.74) is 0.921. The molecule has 0 unspecified atom stereocenters. The van der Waals surface area contributed by atoms with Crippen LogP contribution < -0.4 is 0 Å². The van der Waals surface area contributed by atoms with E-state index in [0.29, 0.717) is 18.2 Å². The first kappa shape index (κ1) is 11.7. The van der Waals surface area contributed by atoms with Crippen LogP contribution >= 0.6 is 0 Å². The highest BCUT2D eigenvalue weighted by Crippen LogP contribution is 2.30. The minimum Gasteiger partial charge on any atom is -0.465 e. The van der Waals surface area contributed by atoms with Gasteiger partial charge in [0.05, 0.1) is 6.04 Å². The summed E-state index contributed by atoms with van der Waals surface area (Å²) >= 11 is 0. The Morgan fingerprint density at radius 3 is 2.89 bits per heavy atom. The fraction of sp³-hybridized carbons (Fsp3) is 0.308. The number of aromatic nitrogens is 3. The number of hydrogen-bond acceptors (Lipinski definition) is 3. The second kappa shape index (κ2) is 4.72. The van der Waals surface area contributed by atoms with Crippen LogP contribution in [0.5, 0.6) is 0 Å². The Kier molecular flexibility index (Phi) is 2.91. The molecule has 0 saturated carbocycles. The Morgan fingerprint density at radius 1 is 1.37 bits per heavy atom. The molecule has 3 rings (SSSR count). The van der Waals surface area contributed by atoms with Crippen molar-refractivity contribution in [1.82, 2.24) is 20.1 Å². The summed E-state index contributed by atoms with van der Waals surface area (Å²) in [6.07, 6.45) is 0.744. The first-order chi connectivity index (χ1) is 9.25. The van der Waals surface area contributed by atoms with E-state index in [4.69, 9.17) is 5.11 Å².